The van der Waals surface area contributed by atoms with Gasteiger partial charge in [-0.25, -0.2) is 8.78 Å². The number of aliphatic hydroxyl groups excluding tert-OH is 2. The van der Waals surface area contributed by atoms with E-state index >= 15 is 0 Å². The average molecular weight is 300 g/mol. The van der Waals surface area contributed by atoms with Crippen LogP contribution in [0.5, 0.6) is 0 Å². The Morgan fingerprint density at radius 3 is 2.14 bits per heavy atom. The molecule has 118 valence electrons. The number of hydrogen-bond donors (Lipinski definition) is 2. The minimum atomic E-state index is -0.964. The highest BCUT2D eigenvalue weighted by atomic mass is 19.1. The van der Waals surface area contributed by atoms with Crippen LogP contribution < -0.4 is 0 Å². The highest BCUT2D eigenvalue weighted by molar-refractivity contribution is 5.21. The molecule has 0 bridgehead atoms. The number of β-amino-alcohol motifs (C(OH)–C–C–N with tert-alkyl or cyclic N) is 2. The molecule has 0 radical (unpaired) electrons. The molecule has 2 atom stereocenters. The van der Waals surface area contributed by atoms with Crippen molar-refractivity contribution in [2.24, 2.45) is 0 Å². The molecule has 1 fully saturated rings. The molecule has 1 aromatic rings. The summed E-state index contributed by atoms with van der Waals surface area (Å²) in [5, 5.41) is 19.4. The quantitative estimate of drug-likeness (QED) is 0.851. The Morgan fingerprint density at radius 1 is 1.05 bits per heavy atom. The van der Waals surface area contributed by atoms with Crippen LogP contribution in [0.3, 0.4) is 0 Å². The molecule has 0 aliphatic carbocycles. The summed E-state index contributed by atoms with van der Waals surface area (Å²) in [5.41, 5.74) is 0.128. The van der Waals surface area contributed by atoms with E-state index in [1.807, 2.05) is 4.90 Å². The number of halogens is 2. The lowest BCUT2D eigenvalue weighted by atomic mass is 10.1. The Kier molecular flexibility index (Phi) is 5.64. The average Bonchev–Trinajstić information content (AvgIpc) is 2.40. The molecule has 2 rings (SSSR count). The van der Waals surface area contributed by atoms with Gasteiger partial charge in [-0.2, -0.15) is 0 Å². The molecule has 1 heterocycles. The molecule has 0 saturated carbocycles. The monoisotopic (exact) mass is 300 g/mol. The van der Waals surface area contributed by atoms with Gasteiger partial charge in [-0.1, -0.05) is 6.07 Å². The highest BCUT2D eigenvalue weighted by Gasteiger charge is 2.22. The van der Waals surface area contributed by atoms with Crippen LogP contribution in [0.1, 0.15) is 18.6 Å². The fraction of sp³-hybridized carbons (Fsp3) is 0.600. The van der Waals surface area contributed by atoms with Crippen molar-refractivity contribution in [2.45, 2.75) is 19.1 Å². The SMILES string of the molecule is C[C@@H](O)CN1CCN(C[C@@H](O)c2ccc(F)cc2F)CC1. The van der Waals surface area contributed by atoms with E-state index in [0.29, 0.717) is 13.1 Å². The van der Waals surface area contributed by atoms with Gasteiger partial charge in [-0.3, -0.25) is 9.80 Å². The van der Waals surface area contributed by atoms with E-state index in [0.717, 1.165) is 38.3 Å². The Morgan fingerprint density at radius 2 is 1.62 bits per heavy atom. The first-order valence-electron chi connectivity index (χ1n) is 7.21. The summed E-state index contributed by atoms with van der Waals surface area (Å²) in [6.07, 6.45) is -1.32. The third-order valence-electron chi connectivity index (χ3n) is 3.74. The topological polar surface area (TPSA) is 46.9 Å². The number of piperazine rings is 1. The van der Waals surface area contributed by atoms with Crippen molar-refractivity contribution in [1.82, 2.24) is 9.80 Å². The van der Waals surface area contributed by atoms with Crippen molar-refractivity contribution in [2.75, 3.05) is 39.3 Å². The molecule has 1 aromatic carbocycles. The van der Waals surface area contributed by atoms with Crippen LogP contribution in [0.4, 0.5) is 8.78 Å². The second-order valence-corrected chi connectivity index (χ2v) is 5.63. The van der Waals surface area contributed by atoms with Gasteiger partial charge in [0.15, 0.2) is 0 Å². The fourth-order valence-corrected chi connectivity index (χ4v) is 2.64. The zero-order valence-electron chi connectivity index (χ0n) is 12.2. The van der Waals surface area contributed by atoms with Crippen LogP contribution in [0.25, 0.3) is 0 Å². The molecule has 0 amide bonds. The maximum atomic E-state index is 13.6. The Labute approximate surface area is 123 Å². The molecular weight excluding hydrogens is 278 g/mol. The minimum Gasteiger partial charge on any atom is -0.392 e. The predicted molar refractivity (Wildman–Crippen MR) is 75.9 cm³/mol. The minimum absolute atomic E-state index is 0.128. The van der Waals surface area contributed by atoms with Gasteiger partial charge >= 0.3 is 0 Å². The normalized spacial score (nSPS) is 20.4. The van der Waals surface area contributed by atoms with Crippen LogP contribution in [0.15, 0.2) is 18.2 Å². The van der Waals surface area contributed by atoms with Gasteiger partial charge in [0.25, 0.3) is 0 Å². The summed E-state index contributed by atoms with van der Waals surface area (Å²) in [7, 11) is 0. The first-order valence-corrected chi connectivity index (χ1v) is 7.21. The van der Waals surface area contributed by atoms with Crippen molar-refractivity contribution >= 4 is 0 Å². The number of rotatable bonds is 5. The fourth-order valence-electron chi connectivity index (χ4n) is 2.64. The summed E-state index contributed by atoms with van der Waals surface area (Å²) < 4.78 is 26.5. The van der Waals surface area contributed by atoms with Crippen LogP contribution in [-0.4, -0.2) is 65.4 Å². The van der Waals surface area contributed by atoms with Gasteiger partial charge in [-0.05, 0) is 13.0 Å². The van der Waals surface area contributed by atoms with E-state index in [1.54, 1.807) is 6.92 Å². The second-order valence-electron chi connectivity index (χ2n) is 5.63. The first-order chi connectivity index (χ1) is 9.95. The molecule has 4 nitrogen and oxygen atoms in total. The summed E-state index contributed by atoms with van der Waals surface area (Å²) in [5.74, 6) is -1.36. The van der Waals surface area contributed by atoms with Crippen molar-refractivity contribution < 1.29 is 19.0 Å². The van der Waals surface area contributed by atoms with Gasteiger partial charge in [0.2, 0.25) is 0 Å². The third kappa shape index (κ3) is 4.71. The standard InChI is InChI=1S/C15H22F2N2O2/c1-11(20)9-18-4-6-19(7-5-18)10-15(21)13-3-2-12(16)8-14(13)17/h2-3,8,11,15,20-21H,4-7,9-10H2,1H3/t11-,15-/m1/s1. The van der Waals surface area contributed by atoms with Crippen molar-refractivity contribution in [3.8, 4) is 0 Å². The number of hydrogen-bond acceptors (Lipinski definition) is 4. The van der Waals surface area contributed by atoms with E-state index in [1.165, 1.54) is 6.07 Å². The second kappa shape index (κ2) is 7.26. The molecular formula is C15H22F2N2O2. The molecule has 0 aromatic heterocycles. The van der Waals surface area contributed by atoms with Crippen LogP contribution in [0.2, 0.25) is 0 Å². The Hall–Kier alpha value is -1.08. The van der Waals surface area contributed by atoms with E-state index in [4.69, 9.17) is 0 Å². The summed E-state index contributed by atoms with van der Waals surface area (Å²) in [6, 6.07) is 3.24. The zero-order valence-corrected chi connectivity index (χ0v) is 12.2. The van der Waals surface area contributed by atoms with E-state index in [-0.39, 0.29) is 11.7 Å². The van der Waals surface area contributed by atoms with Gasteiger partial charge in [0.1, 0.15) is 11.6 Å². The maximum Gasteiger partial charge on any atom is 0.131 e. The zero-order chi connectivity index (χ0) is 15.4. The van der Waals surface area contributed by atoms with Crippen molar-refractivity contribution in [1.29, 1.82) is 0 Å². The van der Waals surface area contributed by atoms with Gasteiger partial charge in [0.05, 0.1) is 12.2 Å². The Bertz CT molecular complexity index is 463. The van der Waals surface area contributed by atoms with E-state index in [9.17, 15) is 19.0 Å². The lowest BCUT2D eigenvalue weighted by Crippen LogP contribution is -2.49. The molecule has 1 aliphatic rings. The van der Waals surface area contributed by atoms with Crippen molar-refractivity contribution in [3.63, 3.8) is 0 Å². The van der Waals surface area contributed by atoms with E-state index < -0.39 is 17.7 Å². The predicted octanol–water partition coefficient (Wildman–Crippen LogP) is 0.997. The number of benzene rings is 1. The summed E-state index contributed by atoms with van der Waals surface area (Å²) >= 11 is 0. The van der Waals surface area contributed by atoms with Crippen LogP contribution >= 0.6 is 0 Å². The largest absolute Gasteiger partial charge is 0.392 e. The summed E-state index contributed by atoms with van der Waals surface area (Å²) in [4.78, 5) is 4.21. The lowest BCUT2D eigenvalue weighted by molar-refractivity contribution is 0.0516. The molecule has 6 heteroatoms. The van der Waals surface area contributed by atoms with E-state index in [2.05, 4.69) is 4.90 Å². The van der Waals surface area contributed by atoms with Crippen LogP contribution in [0, 0.1) is 11.6 Å². The Balaban J connectivity index is 1.85. The van der Waals surface area contributed by atoms with Crippen LogP contribution in [-0.2, 0) is 0 Å². The molecule has 1 aliphatic heterocycles. The molecule has 0 unspecified atom stereocenters. The summed E-state index contributed by atoms with van der Waals surface area (Å²) in [6.45, 7) is 5.85. The highest BCUT2D eigenvalue weighted by Crippen LogP contribution is 2.19. The van der Waals surface area contributed by atoms with Gasteiger partial charge in [0, 0.05) is 50.9 Å². The maximum absolute atomic E-state index is 13.6. The molecule has 21 heavy (non-hydrogen) atoms. The first kappa shape index (κ1) is 16.3. The molecule has 2 N–H and O–H groups in total. The molecule has 0 spiro atoms. The number of nitrogens with zero attached hydrogens (tertiary/aromatic N) is 2. The smallest absolute Gasteiger partial charge is 0.131 e. The van der Waals surface area contributed by atoms with Gasteiger partial charge < -0.3 is 10.2 Å². The van der Waals surface area contributed by atoms with Crippen molar-refractivity contribution in [3.05, 3.63) is 35.4 Å². The number of aliphatic hydroxyl groups is 2. The third-order valence-corrected chi connectivity index (χ3v) is 3.74. The lowest BCUT2D eigenvalue weighted by Gasteiger charge is -2.36. The molecule has 1 saturated heterocycles. The van der Waals surface area contributed by atoms with Gasteiger partial charge in [-0.15, -0.1) is 0 Å².